The minimum Gasteiger partial charge on any atom is -0.356 e. The molecular weight excluding hydrogens is 303 g/mol. The van der Waals surface area contributed by atoms with Gasteiger partial charge in [0.15, 0.2) is 0 Å². The van der Waals surface area contributed by atoms with Gasteiger partial charge in [0.1, 0.15) is 0 Å². The summed E-state index contributed by atoms with van der Waals surface area (Å²) in [7, 11) is 0. The van der Waals surface area contributed by atoms with Gasteiger partial charge in [-0.3, -0.25) is 4.79 Å². The van der Waals surface area contributed by atoms with Gasteiger partial charge in [-0.2, -0.15) is 13.2 Å². The zero-order chi connectivity index (χ0) is 16.9. The fourth-order valence-corrected chi connectivity index (χ4v) is 3.12. The van der Waals surface area contributed by atoms with Crippen molar-refractivity contribution in [2.24, 2.45) is 5.92 Å². The fourth-order valence-electron chi connectivity index (χ4n) is 3.12. The monoisotopic (exact) mass is 327 g/mol. The first-order valence-electron chi connectivity index (χ1n) is 8.30. The van der Waals surface area contributed by atoms with Crippen LogP contribution < -0.4 is 5.32 Å². The van der Waals surface area contributed by atoms with Crippen LogP contribution in [0.15, 0.2) is 24.3 Å². The SMILES string of the molecule is CC(CC(=O)NCC1CCCCC1)c1ccc(C(F)(F)F)cc1. The lowest BCUT2D eigenvalue weighted by Crippen LogP contribution is -2.30. The number of carbonyl (C=O) groups excluding carboxylic acids is 1. The van der Waals surface area contributed by atoms with E-state index in [1.54, 1.807) is 0 Å². The van der Waals surface area contributed by atoms with E-state index in [1.807, 2.05) is 6.92 Å². The van der Waals surface area contributed by atoms with Crippen LogP contribution in [0, 0.1) is 5.92 Å². The summed E-state index contributed by atoms with van der Waals surface area (Å²) in [4.78, 5) is 12.0. The number of benzene rings is 1. The van der Waals surface area contributed by atoms with E-state index >= 15 is 0 Å². The average Bonchev–Trinajstić information content (AvgIpc) is 2.53. The van der Waals surface area contributed by atoms with E-state index in [0.29, 0.717) is 12.3 Å². The number of nitrogens with one attached hydrogen (secondary N) is 1. The first-order chi connectivity index (χ1) is 10.9. The molecule has 0 heterocycles. The second-order valence-electron chi connectivity index (χ2n) is 6.53. The van der Waals surface area contributed by atoms with Gasteiger partial charge in [0.05, 0.1) is 5.56 Å². The van der Waals surface area contributed by atoms with Crippen molar-refractivity contribution in [2.45, 2.75) is 57.5 Å². The Bertz CT molecular complexity index is 504. The van der Waals surface area contributed by atoms with Gasteiger partial charge < -0.3 is 5.32 Å². The molecule has 1 aromatic rings. The minimum atomic E-state index is -4.32. The fraction of sp³-hybridized carbons (Fsp3) is 0.611. The topological polar surface area (TPSA) is 29.1 Å². The van der Waals surface area contributed by atoms with E-state index < -0.39 is 11.7 Å². The second kappa shape index (κ2) is 7.84. The molecule has 128 valence electrons. The zero-order valence-corrected chi connectivity index (χ0v) is 13.5. The van der Waals surface area contributed by atoms with Gasteiger partial charge in [0.2, 0.25) is 5.91 Å². The molecule has 1 atom stereocenters. The molecule has 1 fully saturated rings. The maximum Gasteiger partial charge on any atom is 0.416 e. The zero-order valence-electron chi connectivity index (χ0n) is 13.5. The van der Waals surface area contributed by atoms with Gasteiger partial charge in [-0.05, 0) is 42.4 Å². The number of halogens is 3. The van der Waals surface area contributed by atoms with E-state index in [2.05, 4.69) is 5.32 Å². The number of hydrogen-bond acceptors (Lipinski definition) is 1. The summed E-state index contributed by atoms with van der Waals surface area (Å²) in [6.07, 6.45) is 2.10. The highest BCUT2D eigenvalue weighted by Crippen LogP contribution is 2.30. The minimum absolute atomic E-state index is 0.0250. The molecule has 2 nitrogen and oxygen atoms in total. The molecule has 5 heteroatoms. The summed E-state index contributed by atoms with van der Waals surface area (Å²) < 4.78 is 37.6. The van der Waals surface area contributed by atoms with E-state index in [1.165, 1.54) is 44.2 Å². The van der Waals surface area contributed by atoms with Crippen LogP contribution in [0.3, 0.4) is 0 Å². The number of hydrogen-bond donors (Lipinski definition) is 1. The van der Waals surface area contributed by atoms with Crippen molar-refractivity contribution in [3.05, 3.63) is 35.4 Å². The molecule has 0 aliphatic heterocycles. The van der Waals surface area contributed by atoms with Gasteiger partial charge in [-0.25, -0.2) is 0 Å². The molecule has 1 unspecified atom stereocenters. The summed E-state index contributed by atoms with van der Waals surface area (Å²) in [5, 5.41) is 2.97. The Morgan fingerprint density at radius 3 is 2.35 bits per heavy atom. The molecule has 1 N–H and O–H groups in total. The van der Waals surface area contributed by atoms with Crippen LogP contribution in [0.5, 0.6) is 0 Å². The molecule has 0 aromatic heterocycles. The standard InChI is InChI=1S/C18H24F3NO/c1-13(15-7-9-16(10-8-15)18(19,20)21)11-17(23)22-12-14-5-3-2-4-6-14/h7-10,13-14H,2-6,11-12H2,1H3,(H,22,23). The molecule has 1 aliphatic rings. The summed E-state index contributed by atoms with van der Waals surface area (Å²) >= 11 is 0. The highest BCUT2D eigenvalue weighted by Gasteiger charge is 2.30. The van der Waals surface area contributed by atoms with Crippen LogP contribution in [0.25, 0.3) is 0 Å². The molecular formula is C18H24F3NO. The van der Waals surface area contributed by atoms with E-state index in [4.69, 9.17) is 0 Å². The lowest BCUT2D eigenvalue weighted by molar-refractivity contribution is -0.137. The van der Waals surface area contributed by atoms with Gasteiger partial charge in [0, 0.05) is 13.0 Å². The van der Waals surface area contributed by atoms with Crippen LogP contribution in [0.2, 0.25) is 0 Å². The quantitative estimate of drug-likeness (QED) is 0.819. The van der Waals surface area contributed by atoms with Crippen molar-refractivity contribution in [2.75, 3.05) is 6.54 Å². The highest BCUT2D eigenvalue weighted by molar-refractivity contribution is 5.76. The lowest BCUT2D eigenvalue weighted by Gasteiger charge is -2.22. The Kier molecular flexibility index (Phi) is 6.08. The molecule has 23 heavy (non-hydrogen) atoms. The summed E-state index contributed by atoms with van der Waals surface area (Å²) in [5.74, 6) is 0.459. The number of carbonyl (C=O) groups is 1. The lowest BCUT2D eigenvalue weighted by atomic mass is 9.89. The Hall–Kier alpha value is -1.52. The van der Waals surface area contributed by atoms with E-state index in [-0.39, 0.29) is 11.8 Å². The molecule has 1 aliphatic carbocycles. The Labute approximate surface area is 135 Å². The third-order valence-corrected chi connectivity index (χ3v) is 4.61. The van der Waals surface area contributed by atoms with Crippen molar-refractivity contribution in [1.82, 2.24) is 5.32 Å². The van der Waals surface area contributed by atoms with Crippen molar-refractivity contribution in [3.8, 4) is 0 Å². The molecule has 0 bridgehead atoms. The normalized spacial score (nSPS) is 17.7. The molecule has 1 aromatic carbocycles. The van der Waals surface area contributed by atoms with Crippen molar-refractivity contribution in [1.29, 1.82) is 0 Å². The third kappa shape index (κ3) is 5.56. The van der Waals surface area contributed by atoms with Crippen molar-refractivity contribution >= 4 is 5.91 Å². The van der Waals surface area contributed by atoms with Gasteiger partial charge in [0.25, 0.3) is 0 Å². The number of alkyl halides is 3. The van der Waals surface area contributed by atoms with Crippen molar-refractivity contribution < 1.29 is 18.0 Å². The number of amides is 1. The summed E-state index contributed by atoms with van der Waals surface area (Å²) in [5.41, 5.74) is 0.0982. The Balaban J connectivity index is 1.80. The summed E-state index contributed by atoms with van der Waals surface area (Å²) in [6.45, 7) is 2.58. The predicted octanol–water partition coefficient (Wildman–Crippen LogP) is 4.90. The van der Waals surface area contributed by atoms with Gasteiger partial charge >= 0.3 is 6.18 Å². The van der Waals surface area contributed by atoms with Gasteiger partial charge in [-0.1, -0.05) is 38.3 Å². The van der Waals surface area contributed by atoms with Crippen LogP contribution in [-0.2, 0) is 11.0 Å². The van der Waals surface area contributed by atoms with E-state index in [0.717, 1.165) is 24.2 Å². The first-order valence-corrected chi connectivity index (χ1v) is 8.30. The molecule has 0 saturated heterocycles. The average molecular weight is 327 g/mol. The molecule has 0 radical (unpaired) electrons. The van der Waals surface area contributed by atoms with Crippen LogP contribution in [0.1, 0.15) is 62.5 Å². The van der Waals surface area contributed by atoms with Crippen LogP contribution >= 0.6 is 0 Å². The largest absolute Gasteiger partial charge is 0.416 e. The molecule has 1 amide bonds. The second-order valence-corrected chi connectivity index (χ2v) is 6.53. The van der Waals surface area contributed by atoms with Crippen molar-refractivity contribution in [3.63, 3.8) is 0 Å². The third-order valence-electron chi connectivity index (χ3n) is 4.61. The maximum absolute atomic E-state index is 12.5. The highest BCUT2D eigenvalue weighted by atomic mass is 19.4. The molecule has 0 spiro atoms. The number of rotatable bonds is 5. The van der Waals surface area contributed by atoms with Gasteiger partial charge in [-0.15, -0.1) is 0 Å². The van der Waals surface area contributed by atoms with E-state index in [9.17, 15) is 18.0 Å². The summed E-state index contributed by atoms with van der Waals surface area (Å²) in [6, 6.07) is 5.07. The Morgan fingerprint density at radius 1 is 1.17 bits per heavy atom. The maximum atomic E-state index is 12.5. The smallest absolute Gasteiger partial charge is 0.356 e. The molecule has 1 saturated carbocycles. The Morgan fingerprint density at radius 2 is 1.78 bits per heavy atom. The predicted molar refractivity (Wildman–Crippen MR) is 84.1 cm³/mol. The van der Waals surface area contributed by atoms with Crippen LogP contribution in [0.4, 0.5) is 13.2 Å². The first kappa shape index (κ1) is 17.8. The molecule has 2 rings (SSSR count). The van der Waals surface area contributed by atoms with Crippen LogP contribution in [-0.4, -0.2) is 12.5 Å².